The summed E-state index contributed by atoms with van der Waals surface area (Å²) in [5.41, 5.74) is 2.58. The van der Waals surface area contributed by atoms with E-state index < -0.39 is 11.3 Å². The predicted molar refractivity (Wildman–Crippen MR) is 77.9 cm³/mol. The number of hydrogen-bond acceptors (Lipinski definition) is 3. The molecule has 0 saturated heterocycles. The zero-order chi connectivity index (χ0) is 15.8. The molecule has 0 fully saturated rings. The van der Waals surface area contributed by atoms with Gasteiger partial charge in [-0.05, 0) is 12.5 Å². The molecule has 1 aromatic heterocycles. The van der Waals surface area contributed by atoms with Gasteiger partial charge in [-0.2, -0.15) is 0 Å². The minimum absolute atomic E-state index is 0.0364. The summed E-state index contributed by atoms with van der Waals surface area (Å²) in [5.74, 6) is -0.407. The molecule has 1 aliphatic rings. The van der Waals surface area contributed by atoms with E-state index in [-0.39, 0.29) is 11.9 Å². The third kappa shape index (κ3) is 2.81. The van der Waals surface area contributed by atoms with Gasteiger partial charge in [-0.3, -0.25) is 14.8 Å². The molecule has 2 N–H and O–H groups in total. The van der Waals surface area contributed by atoms with E-state index in [1.54, 1.807) is 17.7 Å². The van der Waals surface area contributed by atoms with E-state index in [0.717, 1.165) is 12.1 Å². The lowest BCUT2D eigenvalue weighted by molar-refractivity contribution is -0.143. The molecule has 1 unspecified atom stereocenters. The number of fused-ring (bicyclic) bond motifs is 1. The smallest absolute Gasteiger partial charge is 0.276 e. The zero-order valence-corrected chi connectivity index (χ0v) is 13.0. The Morgan fingerprint density at radius 3 is 2.57 bits per heavy atom. The molecule has 0 aromatic carbocycles. The summed E-state index contributed by atoms with van der Waals surface area (Å²) in [6, 6.07) is 1.72. The van der Waals surface area contributed by atoms with Crippen LogP contribution in [0.4, 0.5) is 0 Å². The molecular formula is C15H23N3O3. The summed E-state index contributed by atoms with van der Waals surface area (Å²) in [6.45, 7) is 9.08. The number of aromatic nitrogens is 1. The molecular weight excluding hydrogens is 270 g/mol. The van der Waals surface area contributed by atoms with Crippen molar-refractivity contribution >= 4 is 11.8 Å². The maximum Gasteiger partial charge on any atom is 0.276 e. The topological polar surface area (TPSA) is 74.6 Å². The first-order chi connectivity index (χ1) is 9.79. The van der Waals surface area contributed by atoms with Crippen LogP contribution in [0.3, 0.4) is 0 Å². The quantitative estimate of drug-likeness (QED) is 0.646. The summed E-state index contributed by atoms with van der Waals surface area (Å²) in [5, 5.41) is 8.75. The number of nitrogens with one attached hydrogen (secondary N) is 1. The van der Waals surface area contributed by atoms with Crippen LogP contribution in [0.25, 0.3) is 0 Å². The first-order valence-electron chi connectivity index (χ1n) is 7.25. The van der Waals surface area contributed by atoms with Crippen LogP contribution in [-0.2, 0) is 11.3 Å². The SMILES string of the molecule is CCC1c2cc(C(=O)NO)cn2CCN1C(=O)C(C)(C)C. The lowest BCUT2D eigenvalue weighted by atomic mass is 9.92. The van der Waals surface area contributed by atoms with Gasteiger partial charge in [0.1, 0.15) is 0 Å². The first kappa shape index (κ1) is 15.6. The fourth-order valence-corrected chi connectivity index (χ4v) is 2.83. The summed E-state index contributed by atoms with van der Waals surface area (Å²) >= 11 is 0. The van der Waals surface area contributed by atoms with Gasteiger partial charge in [0.15, 0.2) is 0 Å². The average Bonchev–Trinajstić information content (AvgIpc) is 2.87. The molecule has 6 heteroatoms. The largest absolute Gasteiger partial charge is 0.347 e. The minimum atomic E-state index is -0.527. The van der Waals surface area contributed by atoms with E-state index in [1.165, 1.54) is 0 Å². The molecule has 116 valence electrons. The number of hydrogen-bond donors (Lipinski definition) is 2. The first-order valence-corrected chi connectivity index (χ1v) is 7.25. The van der Waals surface area contributed by atoms with E-state index in [9.17, 15) is 9.59 Å². The molecule has 0 aliphatic carbocycles. The Bertz CT molecular complexity index is 557. The lowest BCUT2D eigenvalue weighted by Crippen LogP contribution is -2.46. The molecule has 0 bridgehead atoms. The summed E-state index contributed by atoms with van der Waals surface area (Å²) < 4.78 is 1.99. The zero-order valence-electron chi connectivity index (χ0n) is 13.0. The van der Waals surface area contributed by atoms with Gasteiger partial charge in [-0.25, -0.2) is 5.48 Å². The maximum atomic E-state index is 12.6. The summed E-state index contributed by atoms with van der Waals surface area (Å²) in [6.07, 6.45) is 2.51. The Morgan fingerprint density at radius 1 is 1.38 bits per heavy atom. The monoisotopic (exact) mass is 293 g/mol. The Balaban J connectivity index is 2.36. The van der Waals surface area contributed by atoms with Gasteiger partial charge in [0.05, 0.1) is 11.6 Å². The third-order valence-electron chi connectivity index (χ3n) is 3.88. The molecule has 2 heterocycles. The highest BCUT2D eigenvalue weighted by Gasteiger charge is 2.35. The van der Waals surface area contributed by atoms with Crippen LogP contribution in [0, 0.1) is 5.41 Å². The van der Waals surface area contributed by atoms with Crippen LogP contribution in [0.15, 0.2) is 12.3 Å². The van der Waals surface area contributed by atoms with Crippen molar-refractivity contribution in [1.29, 1.82) is 0 Å². The van der Waals surface area contributed by atoms with E-state index in [4.69, 9.17) is 5.21 Å². The second-order valence-corrected chi connectivity index (χ2v) is 6.46. The normalized spacial score (nSPS) is 18.3. The molecule has 0 radical (unpaired) electrons. The maximum absolute atomic E-state index is 12.6. The Morgan fingerprint density at radius 2 is 2.05 bits per heavy atom. The number of hydroxylamine groups is 1. The standard InChI is InChI=1S/C15H23N3O3/c1-5-11-12-8-10(13(19)16-21)9-17(12)6-7-18(11)14(20)15(2,3)4/h8-9,11,21H,5-7H2,1-4H3,(H,16,19). The van der Waals surface area contributed by atoms with Crippen molar-refractivity contribution in [2.24, 2.45) is 5.41 Å². The van der Waals surface area contributed by atoms with E-state index >= 15 is 0 Å². The highest BCUT2D eigenvalue weighted by molar-refractivity contribution is 5.93. The van der Waals surface area contributed by atoms with Crippen molar-refractivity contribution in [3.63, 3.8) is 0 Å². The molecule has 1 aromatic rings. The van der Waals surface area contributed by atoms with Crippen molar-refractivity contribution in [3.8, 4) is 0 Å². The number of rotatable bonds is 2. The molecule has 1 aliphatic heterocycles. The second kappa shape index (κ2) is 5.52. The highest BCUT2D eigenvalue weighted by atomic mass is 16.5. The van der Waals surface area contributed by atoms with Gasteiger partial charge in [0, 0.05) is 30.4 Å². The Labute approximate surface area is 124 Å². The van der Waals surface area contributed by atoms with Gasteiger partial charge in [0.25, 0.3) is 5.91 Å². The molecule has 2 amide bonds. The lowest BCUT2D eigenvalue weighted by Gasteiger charge is -2.39. The van der Waals surface area contributed by atoms with Crippen molar-refractivity contribution in [2.75, 3.05) is 6.54 Å². The number of nitrogens with zero attached hydrogens (tertiary/aromatic N) is 2. The van der Waals surface area contributed by atoms with Crippen LogP contribution < -0.4 is 5.48 Å². The number of carbonyl (C=O) groups excluding carboxylic acids is 2. The van der Waals surface area contributed by atoms with Crippen molar-refractivity contribution in [2.45, 2.75) is 46.7 Å². The summed E-state index contributed by atoms with van der Waals surface area (Å²) in [7, 11) is 0. The fourth-order valence-electron chi connectivity index (χ4n) is 2.83. The van der Waals surface area contributed by atoms with Gasteiger partial charge in [0.2, 0.25) is 5.91 Å². The average molecular weight is 293 g/mol. The number of amides is 2. The molecule has 21 heavy (non-hydrogen) atoms. The Kier molecular flexibility index (Phi) is 4.09. The van der Waals surface area contributed by atoms with Gasteiger partial charge in [-0.1, -0.05) is 27.7 Å². The minimum Gasteiger partial charge on any atom is -0.347 e. The Hall–Kier alpha value is -1.82. The van der Waals surface area contributed by atoms with Crippen LogP contribution in [0.1, 0.15) is 56.2 Å². The van der Waals surface area contributed by atoms with E-state index in [2.05, 4.69) is 0 Å². The van der Waals surface area contributed by atoms with Crippen molar-refractivity contribution < 1.29 is 14.8 Å². The van der Waals surface area contributed by atoms with E-state index in [1.807, 2.05) is 37.2 Å². The highest BCUT2D eigenvalue weighted by Crippen LogP contribution is 2.33. The van der Waals surface area contributed by atoms with Crippen LogP contribution in [-0.4, -0.2) is 33.0 Å². The van der Waals surface area contributed by atoms with Gasteiger partial charge in [-0.15, -0.1) is 0 Å². The van der Waals surface area contributed by atoms with E-state index in [0.29, 0.717) is 18.7 Å². The molecule has 0 spiro atoms. The predicted octanol–water partition coefficient (Wildman–Crippen LogP) is 1.95. The van der Waals surface area contributed by atoms with Crippen molar-refractivity contribution in [1.82, 2.24) is 14.9 Å². The fraction of sp³-hybridized carbons (Fsp3) is 0.600. The third-order valence-corrected chi connectivity index (χ3v) is 3.88. The molecule has 0 saturated carbocycles. The van der Waals surface area contributed by atoms with Gasteiger partial charge >= 0.3 is 0 Å². The summed E-state index contributed by atoms with van der Waals surface area (Å²) in [4.78, 5) is 26.0. The molecule has 2 rings (SSSR count). The molecule has 1 atom stereocenters. The number of carbonyl (C=O) groups is 2. The second-order valence-electron chi connectivity index (χ2n) is 6.46. The van der Waals surface area contributed by atoms with Crippen LogP contribution in [0.5, 0.6) is 0 Å². The van der Waals surface area contributed by atoms with Crippen LogP contribution in [0.2, 0.25) is 0 Å². The van der Waals surface area contributed by atoms with Crippen molar-refractivity contribution in [3.05, 3.63) is 23.5 Å². The van der Waals surface area contributed by atoms with Gasteiger partial charge < -0.3 is 9.47 Å². The van der Waals surface area contributed by atoms with Crippen LogP contribution >= 0.6 is 0 Å². The molecule has 6 nitrogen and oxygen atoms in total.